The minimum Gasteiger partial charge on any atom is -0.448 e. The Morgan fingerprint density at radius 3 is 2.13 bits per heavy atom. The first-order valence-corrected chi connectivity index (χ1v) is 14.1. The summed E-state index contributed by atoms with van der Waals surface area (Å²) in [6.45, 7) is -1.32. The number of nitrogens with one attached hydrogen (secondary N) is 3. The molecule has 3 aromatic rings. The van der Waals surface area contributed by atoms with Crippen LogP contribution in [0.1, 0.15) is 29.0 Å². The van der Waals surface area contributed by atoms with E-state index in [0.29, 0.717) is 29.8 Å². The Hall–Kier alpha value is -4.30. The molecule has 14 heteroatoms. The van der Waals surface area contributed by atoms with Crippen LogP contribution in [0.15, 0.2) is 66.7 Å². The smallest absolute Gasteiger partial charge is 0.407 e. The standard InChI is InChI=1S/C31H32F6N4O4/c32-20-8-4-18(5-9-20)27(19-6-10-21(33)11-7-19)28(29(38)42)41-26-3-1-2-25(34)24(26)13-12-23-14-39-22(15-44-23)16-45-30(43)40-17-31(35,36)37/h1-11,22-23,27-28,39,41H,12-17H2,(H2,38,42)(H,40,43)/t22-,23+,28-/m0/s1. The van der Waals surface area contributed by atoms with Crippen LogP contribution in [0, 0.1) is 17.5 Å². The van der Waals surface area contributed by atoms with Crippen molar-refractivity contribution < 1.29 is 45.4 Å². The third-order valence-corrected chi connectivity index (χ3v) is 7.26. The van der Waals surface area contributed by atoms with Crippen molar-refractivity contribution in [3.63, 3.8) is 0 Å². The summed E-state index contributed by atoms with van der Waals surface area (Å²) in [6.07, 6.45) is -5.59. The molecule has 3 aromatic carbocycles. The van der Waals surface area contributed by atoms with Crippen molar-refractivity contribution in [3.05, 3.63) is 101 Å². The molecule has 0 radical (unpaired) electrons. The number of alkyl halides is 3. The molecule has 0 aromatic heterocycles. The van der Waals surface area contributed by atoms with Gasteiger partial charge in [-0.2, -0.15) is 13.2 Å². The molecule has 5 N–H and O–H groups in total. The van der Waals surface area contributed by atoms with Gasteiger partial charge >= 0.3 is 12.3 Å². The summed E-state index contributed by atoms with van der Waals surface area (Å²) in [7, 11) is 0. The number of hydrogen-bond acceptors (Lipinski definition) is 6. The molecule has 0 saturated carbocycles. The molecule has 3 atom stereocenters. The zero-order valence-corrected chi connectivity index (χ0v) is 23.9. The number of primary amides is 1. The molecule has 0 unspecified atom stereocenters. The summed E-state index contributed by atoms with van der Waals surface area (Å²) in [5.74, 6) is -3.07. The van der Waals surface area contributed by atoms with E-state index in [1.54, 1.807) is 11.4 Å². The van der Waals surface area contributed by atoms with Gasteiger partial charge in [0.1, 0.15) is 36.6 Å². The number of amides is 2. The first-order chi connectivity index (χ1) is 21.4. The second kappa shape index (κ2) is 15.1. The maximum atomic E-state index is 15.1. The average Bonchev–Trinajstić information content (AvgIpc) is 3.00. The lowest BCUT2D eigenvalue weighted by Crippen LogP contribution is -2.49. The Morgan fingerprint density at radius 1 is 0.978 bits per heavy atom. The first kappa shape index (κ1) is 33.6. The van der Waals surface area contributed by atoms with Crippen LogP contribution in [0.25, 0.3) is 0 Å². The molecule has 1 heterocycles. The quantitative estimate of drug-likeness (QED) is 0.213. The largest absolute Gasteiger partial charge is 0.448 e. The van der Waals surface area contributed by atoms with Gasteiger partial charge in [0.05, 0.1) is 18.8 Å². The van der Waals surface area contributed by atoms with E-state index in [1.807, 2.05) is 0 Å². The number of halogens is 6. The molecule has 0 spiro atoms. The summed E-state index contributed by atoms with van der Waals surface area (Å²) in [6, 6.07) is 13.7. The van der Waals surface area contributed by atoms with Gasteiger partial charge in [-0.3, -0.25) is 4.79 Å². The van der Waals surface area contributed by atoms with Crippen molar-refractivity contribution in [2.75, 3.05) is 31.6 Å². The number of benzene rings is 3. The number of hydrogen-bond donors (Lipinski definition) is 4. The number of ether oxygens (including phenoxy) is 2. The van der Waals surface area contributed by atoms with E-state index in [4.69, 9.17) is 15.2 Å². The van der Waals surface area contributed by atoms with Gasteiger partial charge in [0.15, 0.2) is 0 Å². The number of carbonyl (C=O) groups is 2. The lowest BCUT2D eigenvalue weighted by Gasteiger charge is -2.31. The summed E-state index contributed by atoms with van der Waals surface area (Å²) in [4.78, 5) is 24.3. The Morgan fingerprint density at radius 2 is 1.60 bits per heavy atom. The minimum atomic E-state index is -4.56. The Labute approximate surface area is 255 Å². The van der Waals surface area contributed by atoms with Crippen molar-refractivity contribution in [1.29, 1.82) is 0 Å². The molecule has 0 bridgehead atoms. The number of carbonyl (C=O) groups excluding carboxylic acids is 2. The molecule has 1 aliphatic rings. The van der Waals surface area contributed by atoms with Crippen LogP contribution in [0.5, 0.6) is 0 Å². The highest BCUT2D eigenvalue weighted by molar-refractivity contribution is 5.85. The van der Waals surface area contributed by atoms with Crippen LogP contribution in [0.3, 0.4) is 0 Å². The topological polar surface area (TPSA) is 115 Å². The number of nitrogens with two attached hydrogens (primary N) is 1. The van der Waals surface area contributed by atoms with Gasteiger partial charge in [-0.05, 0) is 60.4 Å². The molecular weight excluding hydrogens is 606 g/mol. The van der Waals surface area contributed by atoms with E-state index < -0.39 is 60.2 Å². The normalized spacial score (nSPS) is 17.5. The lowest BCUT2D eigenvalue weighted by molar-refractivity contribution is -0.124. The number of rotatable bonds is 12. The van der Waals surface area contributed by atoms with Crippen LogP contribution in [-0.2, 0) is 20.7 Å². The summed E-state index contributed by atoms with van der Waals surface area (Å²) >= 11 is 0. The van der Waals surface area contributed by atoms with Crippen molar-refractivity contribution in [2.24, 2.45) is 5.73 Å². The average molecular weight is 639 g/mol. The third-order valence-electron chi connectivity index (χ3n) is 7.26. The van der Waals surface area contributed by atoms with Crippen molar-refractivity contribution >= 4 is 17.7 Å². The summed E-state index contributed by atoms with van der Waals surface area (Å²) < 4.78 is 89.9. The van der Waals surface area contributed by atoms with Crippen LogP contribution in [0.2, 0.25) is 0 Å². The monoisotopic (exact) mass is 638 g/mol. The highest BCUT2D eigenvalue weighted by atomic mass is 19.4. The fourth-order valence-electron chi connectivity index (χ4n) is 5.02. The maximum Gasteiger partial charge on any atom is 0.407 e. The molecule has 0 aliphatic carbocycles. The molecular formula is C31H32F6N4O4. The van der Waals surface area contributed by atoms with Gasteiger partial charge in [-0.25, -0.2) is 18.0 Å². The maximum absolute atomic E-state index is 15.1. The van der Waals surface area contributed by atoms with Crippen LogP contribution in [-0.4, -0.2) is 62.7 Å². The minimum absolute atomic E-state index is 0.0976. The van der Waals surface area contributed by atoms with Crippen LogP contribution >= 0.6 is 0 Å². The van der Waals surface area contributed by atoms with Crippen molar-refractivity contribution in [2.45, 2.75) is 43.1 Å². The molecule has 1 fully saturated rings. The number of alkyl carbamates (subject to hydrolysis) is 1. The summed E-state index contributed by atoms with van der Waals surface area (Å²) in [5, 5.41) is 7.78. The van der Waals surface area contributed by atoms with Gasteiger partial charge in [0, 0.05) is 23.7 Å². The van der Waals surface area contributed by atoms with E-state index in [1.165, 1.54) is 60.7 Å². The fraction of sp³-hybridized carbons (Fsp3) is 0.355. The highest BCUT2D eigenvalue weighted by Crippen LogP contribution is 2.32. The molecule has 242 valence electrons. The molecule has 45 heavy (non-hydrogen) atoms. The Bertz CT molecular complexity index is 1390. The molecule has 2 amide bonds. The zero-order valence-electron chi connectivity index (χ0n) is 23.9. The molecule has 8 nitrogen and oxygen atoms in total. The van der Waals surface area contributed by atoms with Crippen LogP contribution in [0.4, 0.5) is 36.8 Å². The van der Waals surface area contributed by atoms with Gasteiger partial charge in [0.2, 0.25) is 5.91 Å². The van der Waals surface area contributed by atoms with Crippen molar-refractivity contribution in [1.82, 2.24) is 10.6 Å². The second-order valence-electron chi connectivity index (χ2n) is 10.5. The third kappa shape index (κ3) is 9.85. The van der Waals surface area contributed by atoms with E-state index >= 15 is 4.39 Å². The first-order valence-electron chi connectivity index (χ1n) is 14.1. The molecule has 1 saturated heterocycles. The number of morpholine rings is 1. The fourth-order valence-corrected chi connectivity index (χ4v) is 5.02. The highest BCUT2D eigenvalue weighted by Gasteiger charge is 2.32. The van der Waals surface area contributed by atoms with Gasteiger partial charge in [-0.1, -0.05) is 30.3 Å². The van der Waals surface area contributed by atoms with E-state index in [0.717, 1.165) is 0 Å². The summed E-state index contributed by atoms with van der Waals surface area (Å²) in [5.41, 5.74) is 7.44. The molecule has 4 rings (SSSR count). The van der Waals surface area contributed by atoms with E-state index in [9.17, 15) is 31.5 Å². The zero-order chi connectivity index (χ0) is 32.6. The van der Waals surface area contributed by atoms with Crippen LogP contribution < -0.4 is 21.7 Å². The van der Waals surface area contributed by atoms with Gasteiger partial charge in [-0.15, -0.1) is 0 Å². The van der Waals surface area contributed by atoms with Crippen molar-refractivity contribution in [3.8, 4) is 0 Å². The predicted octanol–water partition coefficient (Wildman–Crippen LogP) is 4.78. The van der Waals surface area contributed by atoms with Gasteiger partial charge in [0.25, 0.3) is 0 Å². The SMILES string of the molecule is NC(=O)[C@@H](Nc1cccc(F)c1CC[C@@H]1CN[C@H](COC(=O)NCC(F)(F)F)CO1)C(c1ccc(F)cc1)c1ccc(F)cc1. The van der Waals surface area contributed by atoms with E-state index in [2.05, 4.69) is 10.6 Å². The Balaban J connectivity index is 1.42. The predicted molar refractivity (Wildman–Crippen MR) is 153 cm³/mol. The second-order valence-corrected chi connectivity index (χ2v) is 10.5. The Kier molecular flexibility index (Phi) is 11.3. The molecule has 1 aliphatic heterocycles. The lowest BCUT2D eigenvalue weighted by atomic mass is 9.84. The van der Waals surface area contributed by atoms with Gasteiger partial charge < -0.3 is 31.2 Å². The number of anilines is 1. The van der Waals surface area contributed by atoms with E-state index in [-0.39, 0.29) is 31.3 Å².